The highest BCUT2D eigenvalue weighted by Crippen LogP contribution is 2.31. The largest absolute Gasteiger partial charge is 0.434 e. The average Bonchev–Trinajstić information content (AvgIpc) is 2.82. The van der Waals surface area contributed by atoms with Gasteiger partial charge in [0.05, 0.1) is 5.52 Å². The highest BCUT2D eigenvalue weighted by Gasteiger charge is 2.11. The molecule has 0 aliphatic rings. The SMILES string of the molecule is Fc1ccc(Oc2ncnc3ccsc23)c(F)c1. The Morgan fingerprint density at radius 2 is 2.00 bits per heavy atom. The molecule has 0 aliphatic heterocycles. The topological polar surface area (TPSA) is 35.0 Å². The van der Waals surface area contributed by atoms with E-state index >= 15 is 0 Å². The zero-order valence-electron chi connectivity index (χ0n) is 8.93. The Kier molecular flexibility index (Phi) is 2.64. The second kappa shape index (κ2) is 4.30. The number of benzene rings is 1. The molecule has 3 rings (SSSR count). The molecular formula is C12H6F2N2OS. The molecule has 3 aromatic rings. The van der Waals surface area contributed by atoms with E-state index in [1.807, 2.05) is 11.4 Å². The fraction of sp³-hybridized carbons (Fsp3) is 0. The second-order valence-corrected chi connectivity index (χ2v) is 4.41. The number of rotatable bonds is 2. The third kappa shape index (κ3) is 1.91. The molecule has 0 N–H and O–H groups in total. The van der Waals surface area contributed by atoms with Gasteiger partial charge in [0, 0.05) is 6.07 Å². The highest BCUT2D eigenvalue weighted by atomic mass is 32.1. The summed E-state index contributed by atoms with van der Waals surface area (Å²) in [5.74, 6) is -1.22. The van der Waals surface area contributed by atoms with Crippen LogP contribution in [-0.2, 0) is 0 Å². The molecule has 2 heterocycles. The number of fused-ring (bicyclic) bond motifs is 1. The normalized spacial score (nSPS) is 10.8. The van der Waals surface area contributed by atoms with E-state index in [9.17, 15) is 8.78 Å². The summed E-state index contributed by atoms with van der Waals surface area (Å²) in [7, 11) is 0. The van der Waals surface area contributed by atoms with Gasteiger partial charge in [-0.2, -0.15) is 0 Å². The maximum absolute atomic E-state index is 13.5. The van der Waals surface area contributed by atoms with Gasteiger partial charge < -0.3 is 4.74 Å². The molecule has 18 heavy (non-hydrogen) atoms. The molecule has 0 aliphatic carbocycles. The number of hydrogen-bond donors (Lipinski definition) is 0. The van der Waals surface area contributed by atoms with Crippen molar-refractivity contribution in [1.29, 1.82) is 0 Å². The van der Waals surface area contributed by atoms with E-state index in [4.69, 9.17) is 4.74 Å². The smallest absolute Gasteiger partial charge is 0.240 e. The van der Waals surface area contributed by atoms with Crippen molar-refractivity contribution in [2.75, 3.05) is 0 Å². The Labute approximate surface area is 105 Å². The van der Waals surface area contributed by atoms with Gasteiger partial charge in [-0.15, -0.1) is 11.3 Å². The van der Waals surface area contributed by atoms with E-state index in [2.05, 4.69) is 9.97 Å². The lowest BCUT2D eigenvalue weighted by Crippen LogP contribution is -1.92. The van der Waals surface area contributed by atoms with Gasteiger partial charge in [-0.05, 0) is 23.6 Å². The minimum Gasteiger partial charge on any atom is -0.434 e. The van der Waals surface area contributed by atoms with Crippen molar-refractivity contribution in [3.8, 4) is 11.6 Å². The molecule has 0 amide bonds. The van der Waals surface area contributed by atoms with Gasteiger partial charge in [0.1, 0.15) is 16.8 Å². The number of thiophene rings is 1. The second-order valence-electron chi connectivity index (χ2n) is 3.49. The Balaban J connectivity index is 2.03. The van der Waals surface area contributed by atoms with Crippen molar-refractivity contribution in [2.24, 2.45) is 0 Å². The zero-order chi connectivity index (χ0) is 12.5. The number of hydrogen-bond acceptors (Lipinski definition) is 4. The quantitative estimate of drug-likeness (QED) is 0.706. The maximum atomic E-state index is 13.5. The van der Waals surface area contributed by atoms with Gasteiger partial charge in [-0.25, -0.2) is 18.7 Å². The standard InChI is InChI=1S/C12H6F2N2OS/c13-7-1-2-10(8(14)5-7)17-12-11-9(3-4-18-11)15-6-16-12/h1-6H. The van der Waals surface area contributed by atoms with Crippen LogP contribution in [0.5, 0.6) is 11.6 Å². The molecule has 0 unspecified atom stereocenters. The number of nitrogens with zero attached hydrogens (tertiary/aromatic N) is 2. The summed E-state index contributed by atoms with van der Waals surface area (Å²) in [5.41, 5.74) is 0.729. The van der Waals surface area contributed by atoms with Crippen molar-refractivity contribution < 1.29 is 13.5 Å². The first-order chi connectivity index (χ1) is 8.74. The molecule has 0 atom stereocenters. The predicted molar refractivity (Wildman–Crippen MR) is 63.8 cm³/mol. The minimum absolute atomic E-state index is 0.0650. The molecule has 6 heteroatoms. The van der Waals surface area contributed by atoms with Gasteiger partial charge in [0.15, 0.2) is 11.6 Å². The van der Waals surface area contributed by atoms with Crippen molar-refractivity contribution in [2.45, 2.75) is 0 Å². The summed E-state index contributed by atoms with van der Waals surface area (Å²) in [6, 6.07) is 4.94. The van der Waals surface area contributed by atoms with E-state index in [0.29, 0.717) is 0 Å². The first-order valence-electron chi connectivity index (χ1n) is 5.05. The molecule has 0 saturated carbocycles. The summed E-state index contributed by atoms with van der Waals surface area (Å²) in [6.45, 7) is 0. The molecule has 0 spiro atoms. The molecule has 2 aromatic heterocycles. The number of ether oxygens (including phenoxy) is 1. The maximum Gasteiger partial charge on any atom is 0.240 e. The van der Waals surface area contributed by atoms with Crippen molar-refractivity contribution in [3.05, 3.63) is 47.6 Å². The lowest BCUT2D eigenvalue weighted by Gasteiger charge is -2.05. The molecule has 0 fully saturated rings. The fourth-order valence-corrected chi connectivity index (χ4v) is 2.27. The third-order valence-corrected chi connectivity index (χ3v) is 3.20. The summed E-state index contributed by atoms with van der Waals surface area (Å²) < 4.78 is 32.3. The molecule has 0 saturated heterocycles. The van der Waals surface area contributed by atoms with Gasteiger partial charge in [0.2, 0.25) is 5.88 Å². The number of halogens is 2. The fourth-order valence-electron chi connectivity index (χ4n) is 1.50. The van der Waals surface area contributed by atoms with Crippen molar-refractivity contribution in [3.63, 3.8) is 0 Å². The molecule has 90 valence electrons. The Hall–Kier alpha value is -2.08. The van der Waals surface area contributed by atoms with Crippen LogP contribution < -0.4 is 4.74 Å². The summed E-state index contributed by atoms with van der Waals surface area (Å²) in [4.78, 5) is 8.00. The van der Waals surface area contributed by atoms with Crippen LogP contribution in [0.4, 0.5) is 8.78 Å². The van der Waals surface area contributed by atoms with Crippen LogP contribution in [0.1, 0.15) is 0 Å². The van der Waals surface area contributed by atoms with E-state index < -0.39 is 11.6 Å². The minimum atomic E-state index is -0.765. The molecular weight excluding hydrogens is 258 g/mol. The van der Waals surface area contributed by atoms with Gasteiger partial charge in [0.25, 0.3) is 0 Å². The van der Waals surface area contributed by atoms with Crippen LogP contribution in [0.3, 0.4) is 0 Å². The van der Waals surface area contributed by atoms with Crippen LogP contribution in [-0.4, -0.2) is 9.97 Å². The molecule has 0 radical (unpaired) electrons. The lowest BCUT2D eigenvalue weighted by atomic mass is 10.3. The van der Waals surface area contributed by atoms with Crippen LogP contribution in [0.2, 0.25) is 0 Å². The first kappa shape index (κ1) is 11.0. The highest BCUT2D eigenvalue weighted by molar-refractivity contribution is 7.17. The third-order valence-electron chi connectivity index (χ3n) is 2.31. The summed E-state index contributed by atoms with van der Waals surface area (Å²) in [5, 5.41) is 1.84. The Bertz CT molecular complexity index is 714. The van der Waals surface area contributed by atoms with Gasteiger partial charge >= 0.3 is 0 Å². The monoisotopic (exact) mass is 264 g/mol. The summed E-state index contributed by atoms with van der Waals surface area (Å²) in [6.07, 6.45) is 1.34. The van der Waals surface area contributed by atoms with E-state index in [0.717, 1.165) is 22.3 Å². The van der Waals surface area contributed by atoms with E-state index in [-0.39, 0.29) is 11.6 Å². The average molecular weight is 264 g/mol. The Morgan fingerprint density at radius 1 is 1.11 bits per heavy atom. The van der Waals surface area contributed by atoms with Crippen molar-refractivity contribution in [1.82, 2.24) is 9.97 Å². The molecule has 1 aromatic carbocycles. The lowest BCUT2D eigenvalue weighted by molar-refractivity contribution is 0.428. The zero-order valence-corrected chi connectivity index (χ0v) is 9.75. The predicted octanol–water partition coefficient (Wildman–Crippen LogP) is 3.76. The van der Waals surface area contributed by atoms with Crippen molar-refractivity contribution >= 4 is 21.6 Å². The van der Waals surface area contributed by atoms with E-state index in [1.54, 1.807) is 0 Å². The van der Waals surface area contributed by atoms with Gasteiger partial charge in [-0.3, -0.25) is 0 Å². The van der Waals surface area contributed by atoms with Crippen LogP contribution >= 0.6 is 11.3 Å². The first-order valence-corrected chi connectivity index (χ1v) is 5.93. The van der Waals surface area contributed by atoms with Crippen LogP contribution in [0, 0.1) is 11.6 Å². The van der Waals surface area contributed by atoms with E-state index in [1.165, 1.54) is 23.7 Å². The van der Waals surface area contributed by atoms with Crippen LogP contribution in [0.15, 0.2) is 36.0 Å². The number of aromatic nitrogens is 2. The van der Waals surface area contributed by atoms with Gasteiger partial charge in [-0.1, -0.05) is 0 Å². The molecule has 3 nitrogen and oxygen atoms in total. The Morgan fingerprint density at radius 3 is 2.83 bits per heavy atom. The van der Waals surface area contributed by atoms with Crippen LogP contribution in [0.25, 0.3) is 10.2 Å². The summed E-state index contributed by atoms with van der Waals surface area (Å²) >= 11 is 1.40. The molecule has 0 bridgehead atoms.